The Hall–Kier alpha value is -1.68. The molecule has 0 bridgehead atoms. The predicted molar refractivity (Wildman–Crippen MR) is 140 cm³/mol. The van der Waals surface area contributed by atoms with Crippen LogP contribution in [0.1, 0.15) is 93.4 Å². The minimum atomic E-state index is -0.855. The molecule has 4 aliphatic carbocycles. The number of ketones is 1. The Labute approximate surface area is 212 Å². The van der Waals surface area contributed by atoms with Gasteiger partial charge in [-0.05, 0) is 66.8 Å². The minimum absolute atomic E-state index is 0.0675. The number of carbonyl (C=O) groups is 2. The first-order valence-electron chi connectivity index (χ1n) is 13.7. The highest BCUT2D eigenvalue weighted by Gasteiger charge is 2.66. The molecular formula is C31H46O4. The Morgan fingerprint density at radius 3 is 2.40 bits per heavy atom. The van der Waals surface area contributed by atoms with Crippen LogP contribution in [0.2, 0.25) is 0 Å². The van der Waals surface area contributed by atoms with Crippen molar-refractivity contribution in [1.82, 2.24) is 0 Å². The molecule has 0 saturated heterocycles. The first kappa shape index (κ1) is 26.4. The second-order valence-corrected chi connectivity index (χ2v) is 13.7. The van der Waals surface area contributed by atoms with Gasteiger partial charge in [0, 0.05) is 23.2 Å². The fourth-order valence-electron chi connectivity index (χ4n) is 8.77. The standard InChI is InChI=1S/C31H46O4/c1-18(2)9-10-19(3)25(27(34)35)26-22(32)17-31(8)21-11-12-23-28(4,5)24(33)14-15-29(23,6)20(21)13-16-30(26,31)7/h11-12,18,22-23,25-26,32H,3,9-10,13-17H2,1-2,4-8H3,(H,34,35)/t22-,23?,25?,26-,29-,30-,31+/m1/s1. The van der Waals surface area contributed by atoms with Crippen molar-refractivity contribution in [2.45, 2.75) is 99.5 Å². The van der Waals surface area contributed by atoms with E-state index in [1.165, 1.54) is 11.1 Å². The zero-order valence-electron chi connectivity index (χ0n) is 22.9. The Balaban J connectivity index is 1.76. The molecule has 0 aliphatic heterocycles. The molecule has 4 nitrogen and oxygen atoms in total. The number of carbonyl (C=O) groups excluding carboxylic acids is 1. The summed E-state index contributed by atoms with van der Waals surface area (Å²) in [6, 6.07) is 0. The molecule has 7 atom stereocenters. The van der Waals surface area contributed by atoms with E-state index in [-0.39, 0.29) is 33.5 Å². The smallest absolute Gasteiger partial charge is 0.311 e. The number of hydrogen-bond donors (Lipinski definition) is 2. The van der Waals surface area contributed by atoms with E-state index < -0.39 is 18.0 Å². The van der Waals surface area contributed by atoms with Gasteiger partial charge in [0.15, 0.2) is 0 Å². The van der Waals surface area contributed by atoms with Crippen LogP contribution in [0.5, 0.6) is 0 Å². The zero-order valence-corrected chi connectivity index (χ0v) is 22.9. The average molecular weight is 483 g/mol. The molecule has 0 radical (unpaired) electrons. The van der Waals surface area contributed by atoms with Gasteiger partial charge in [-0.1, -0.05) is 78.3 Å². The van der Waals surface area contributed by atoms with Gasteiger partial charge in [-0.15, -0.1) is 0 Å². The van der Waals surface area contributed by atoms with Crippen molar-refractivity contribution in [2.75, 3.05) is 0 Å². The van der Waals surface area contributed by atoms with Crippen molar-refractivity contribution in [3.05, 3.63) is 35.5 Å². The molecule has 194 valence electrons. The van der Waals surface area contributed by atoms with E-state index in [1.54, 1.807) is 0 Å². The predicted octanol–water partition coefficient (Wildman–Crippen LogP) is 6.74. The molecule has 4 aliphatic rings. The van der Waals surface area contributed by atoms with Gasteiger partial charge in [0.2, 0.25) is 0 Å². The number of rotatable bonds is 6. The summed E-state index contributed by atoms with van der Waals surface area (Å²) in [6.45, 7) is 19.5. The topological polar surface area (TPSA) is 74.6 Å². The zero-order chi connectivity index (χ0) is 26.1. The number of hydrogen-bond acceptors (Lipinski definition) is 3. The summed E-state index contributed by atoms with van der Waals surface area (Å²) in [7, 11) is 0. The molecule has 2 fully saturated rings. The molecule has 0 aromatic heterocycles. The van der Waals surface area contributed by atoms with E-state index in [4.69, 9.17) is 0 Å². The Bertz CT molecular complexity index is 999. The van der Waals surface area contributed by atoms with Crippen LogP contribution < -0.4 is 0 Å². The minimum Gasteiger partial charge on any atom is -0.481 e. The van der Waals surface area contributed by atoms with Gasteiger partial charge in [0.05, 0.1) is 12.0 Å². The first-order chi connectivity index (χ1) is 16.1. The summed E-state index contributed by atoms with van der Waals surface area (Å²) in [4.78, 5) is 25.4. The van der Waals surface area contributed by atoms with Crippen molar-refractivity contribution >= 4 is 11.8 Å². The third kappa shape index (κ3) is 3.64. The third-order valence-electron chi connectivity index (χ3n) is 11.1. The number of fused-ring (bicyclic) bond motifs is 4. The van der Waals surface area contributed by atoms with Crippen LogP contribution in [0.3, 0.4) is 0 Å². The maximum absolute atomic E-state index is 12.8. The summed E-state index contributed by atoms with van der Waals surface area (Å²) in [5.41, 5.74) is 2.39. The first-order valence-corrected chi connectivity index (χ1v) is 13.7. The second kappa shape index (κ2) is 8.43. The SMILES string of the molecule is C=C(CCC(C)C)C(C(=O)O)[C@H]1[C@H](O)C[C@@]2(C)C3=C(CC[C@]12C)[C@@]1(C)CCC(=O)C(C)(C)C1C=C3. The monoisotopic (exact) mass is 482 g/mol. The van der Waals surface area contributed by atoms with Crippen molar-refractivity contribution in [2.24, 2.45) is 45.3 Å². The lowest BCUT2D eigenvalue weighted by Crippen LogP contribution is -2.52. The molecule has 0 aromatic rings. The summed E-state index contributed by atoms with van der Waals surface area (Å²) < 4.78 is 0. The Morgan fingerprint density at radius 2 is 1.80 bits per heavy atom. The number of carboxylic acids is 1. The largest absolute Gasteiger partial charge is 0.481 e. The van der Waals surface area contributed by atoms with E-state index in [0.717, 1.165) is 31.3 Å². The fourth-order valence-corrected chi connectivity index (χ4v) is 8.77. The Morgan fingerprint density at radius 1 is 1.14 bits per heavy atom. The van der Waals surface area contributed by atoms with E-state index in [9.17, 15) is 19.8 Å². The quantitative estimate of drug-likeness (QED) is 0.411. The normalized spacial score (nSPS) is 40.8. The van der Waals surface area contributed by atoms with Crippen LogP contribution in [0.4, 0.5) is 0 Å². The van der Waals surface area contributed by atoms with E-state index >= 15 is 0 Å². The lowest BCUT2D eigenvalue weighted by molar-refractivity contribution is -0.146. The molecule has 4 rings (SSSR count). The molecule has 0 spiro atoms. The van der Waals surface area contributed by atoms with Crippen LogP contribution >= 0.6 is 0 Å². The van der Waals surface area contributed by atoms with E-state index in [2.05, 4.69) is 67.2 Å². The molecule has 4 heteroatoms. The van der Waals surface area contributed by atoms with Crippen LogP contribution in [0.25, 0.3) is 0 Å². The maximum atomic E-state index is 12.8. The number of allylic oxidation sites excluding steroid dienone is 4. The summed E-state index contributed by atoms with van der Waals surface area (Å²) in [5, 5.41) is 21.9. The summed E-state index contributed by atoms with van der Waals surface area (Å²) in [5.74, 6) is -0.951. The molecular weight excluding hydrogens is 436 g/mol. The molecule has 2 saturated carbocycles. The van der Waals surface area contributed by atoms with Gasteiger partial charge >= 0.3 is 5.97 Å². The number of aliphatic hydroxyl groups excluding tert-OH is 1. The van der Waals surface area contributed by atoms with Crippen LogP contribution in [0.15, 0.2) is 35.5 Å². The Kier molecular flexibility index (Phi) is 6.36. The summed E-state index contributed by atoms with van der Waals surface area (Å²) >= 11 is 0. The lowest BCUT2D eigenvalue weighted by atomic mass is 9.45. The summed E-state index contributed by atoms with van der Waals surface area (Å²) in [6.07, 6.45) is 9.23. The van der Waals surface area contributed by atoms with Crippen LogP contribution in [-0.4, -0.2) is 28.1 Å². The molecule has 0 amide bonds. The van der Waals surface area contributed by atoms with E-state index in [1.807, 2.05) is 0 Å². The van der Waals surface area contributed by atoms with Crippen LogP contribution in [-0.2, 0) is 9.59 Å². The lowest BCUT2D eigenvalue weighted by Gasteiger charge is -2.58. The molecule has 0 heterocycles. The number of carboxylic acid groups (broad SMARTS) is 1. The maximum Gasteiger partial charge on any atom is 0.311 e. The number of aliphatic hydroxyl groups is 1. The molecule has 2 N–H and O–H groups in total. The van der Waals surface area contributed by atoms with E-state index in [0.29, 0.717) is 31.0 Å². The van der Waals surface area contributed by atoms with Gasteiger partial charge in [-0.25, -0.2) is 0 Å². The highest BCUT2D eigenvalue weighted by molar-refractivity contribution is 5.86. The van der Waals surface area contributed by atoms with Crippen molar-refractivity contribution in [3.63, 3.8) is 0 Å². The molecule has 2 unspecified atom stereocenters. The number of aliphatic carboxylic acids is 1. The molecule has 0 aromatic carbocycles. The van der Waals surface area contributed by atoms with Crippen molar-refractivity contribution in [1.29, 1.82) is 0 Å². The van der Waals surface area contributed by atoms with Gasteiger partial charge in [-0.3, -0.25) is 9.59 Å². The van der Waals surface area contributed by atoms with Crippen LogP contribution in [0, 0.1) is 45.3 Å². The average Bonchev–Trinajstić information content (AvgIpc) is 2.96. The van der Waals surface area contributed by atoms with Gasteiger partial charge in [0.1, 0.15) is 5.78 Å². The van der Waals surface area contributed by atoms with Crippen molar-refractivity contribution in [3.8, 4) is 0 Å². The van der Waals surface area contributed by atoms with Crippen molar-refractivity contribution < 1.29 is 19.8 Å². The fraction of sp³-hybridized carbons (Fsp3) is 0.742. The van der Waals surface area contributed by atoms with Gasteiger partial charge in [0.25, 0.3) is 0 Å². The highest BCUT2D eigenvalue weighted by atomic mass is 16.4. The highest BCUT2D eigenvalue weighted by Crippen LogP contribution is 2.71. The van der Waals surface area contributed by atoms with Gasteiger partial charge in [-0.2, -0.15) is 0 Å². The third-order valence-corrected chi connectivity index (χ3v) is 11.1. The molecule has 35 heavy (non-hydrogen) atoms. The van der Waals surface area contributed by atoms with Gasteiger partial charge < -0.3 is 10.2 Å². The number of Topliss-reactive ketones (excluding diaryl/α,β-unsaturated/α-hetero) is 1. The second-order valence-electron chi connectivity index (χ2n) is 13.7.